The Morgan fingerprint density at radius 2 is 1.90 bits per heavy atom. The average molecular weight is 360 g/mol. The van der Waals surface area contributed by atoms with Gasteiger partial charge in [0.2, 0.25) is 11.8 Å². The summed E-state index contributed by atoms with van der Waals surface area (Å²) in [5, 5.41) is 5.07. The van der Waals surface area contributed by atoms with Gasteiger partial charge < -0.3 is 25.8 Å². The highest BCUT2D eigenvalue weighted by atomic mass is 79.9. The number of benzene rings is 1. The largest absolute Gasteiger partial charge is 0.493 e. The fourth-order valence-corrected chi connectivity index (χ4v) is 2.24. The van der Waals surface area contributed by atoms with Gasteiger partial charge in [0.15, 0.2) is 11.5 Å². The van der Waals surface area contributed by atoms with Gasteiger partial charge in [0.05, 0.1) is 31.8 Å². The second-order valence-corrected chi connectivity index (χ2v) is 4.93. The summed E-state index contributed by atoms with van der Waals surface area (Å²) in [5.41, 5.74) is 5.96. The molecule has 0 fully saturated rings. The molecule has 0 spiro atoms. The van der Waals surface area contributed by atoms with Gasteiger partial charge in [-0.3, -0.25) is 9.59 Å². The first-order valence-electron chi connectivity index (χ1n) is 6.15. The van der Waals surface area contributed by atoms with Crippen molar-refractivity contribution in [2.75, 3.05) is 27.3 Å². The summed E-state index contributed by atoms with van der Waals surface area (Å²) in [7, 11) is 3.08. The molecular weight excluding hydrogens is 342 g/mol. The molecule has 0 aromatic heterocycles. The highest BCUT2D eigenvalue weighted by Crippen LogP contribution is 2.36. The van der Waals surface area contributed by atoms with Gasteiger partial charge in [-0.05, 0) is 33.6 Å². The van der Waals surface area contributed by atoms with E-state index >= 15 is 0 Å². The molecule has 7 nitrogen and oxygen atoms in total. The Hall–Kier alpha value is -1.80. The van der Waals surface area contributed by atoms with Crippen molar-refractivity contribution in [3.8, 4) is 11.5 Å². The van der Waals surface area contributed by atoms with Crippen molar-refractivity contribution in [3.63, 3.8) is 0 Å². The smallest absolute Gasteiger partial charge is 0.239 e. The fraction of sp³-hybridized carbons (Fsp3) is 0.385. The number of nitrogens with two attached hydrogens (primary N) is 1. The standard InChI is InChI=1S/C13H18BrN3O4/c1-20-10-4-8(3-9(14)13(10)21-2)6-16-12(19)7-17-11(18)5-15/h3-4H,5-7,15H2,1-2H3,(H,16,19)(H,17,18). The van der Waals surface area contributed by atoms with Crippen molar-refractivity contribution in [1.82, 2.24) is 10.6 Å². The Labute approximate surface area is 131 Å². The summed E-state index contributed by atoms with van der Waals surface area (Å²) in [6, 6.07) is 3.59. The average Bonchev–Trinajstić information content (AvgIpc) is 2.49. The van der Waals surface area contributed by atoms with E-state index in [1.165, 1.54) is 7.11 Å². The molecule has 4 N–H and O–H groups in total. The molecule has 1 aromatic carbocycles. The molecule has 0 unspecified atom stereocenters. The van der Waals surface area contributed by atoms with Crippen LogP contribution in [-0.4, -0.2) is 39.1 Å². The molecule has 0 atom stereocenters. The summed E-state index contributed by atoms with van der Waals surface area (Å²) in [5.74, 6) is 0.470. The second-order valence-electron chi connectivity index (χ2n) is 4.07. The zero-order valence-electron chi connectivity index (χ0n) is 11.9. The van der Waals surface area contributed by atoms with Crippen LogP contribution in [0.25, 0.3) is 0 Å². The van der Waals surface area contributed by atoms with Crippen molar-refractivity contribution in [1.29, 1.82) is 0 Å². The number of rotatable bonds is 7. The summed E-state index contributed by atoms with van der Waals surface area (Å²) in [6.07, 6.45) is 0. The Morgan fingerprint density at radius 1 is 1.19 bits per heavy atom. The van der Waals surface area contributed by atoms with Crippen LogP contribution in [0.2, 0.25) is 0 Å². The monoisotopic (exact) mass is 359 g/mol. The van der Waals surface area contributed by atoms with Gasteiger partial charge in [0.1, 0.15) is 0 Å². The fourth-order valence-electron chi connectivity index (χ4n) is 1.59. The normalized spacial score (nSPS) is 9.90. The van der Waals surface area contributed by atoms with Gasteiger partial charge >= 0.3 is 0 Å². The van der Waals surface area contributed by atoms with Crippen LogP contribution >= 0.6 is 15.9 Å². The molecule has 116 valence electrons. The molecule has 0 saturated carbocycles. The van der Waals surface area contributed by atoms with Gasteiger partial charge in [-0.15, -0.1) is 0 Å². The minimum Gasteiger partial charge on any atom is -0.493 e. The van der Waals surface area contributed by atoms with Crippen molar-refractivity contribution in [3.05, 3.63) is 22.2 Å². The van der Waals surface area contributed by atoms with Crippen LogP contribution in [-0.2, 0) is 16.1 Å². The maximum atomic E-state index is 11.6. The molecule has 0 bridgehead atoms. The first-order valence-corrected chi connectivity index (χ1v) is 6.95. The molecule has 1 rings (SSSR count). The zero-order chi connectivity index (χ0) is 15.8. The number of nitrogens with one attached hydrogen (secondary N) is 2. The van der Waals surface area contributed by atoms with E-state index in [4.69, 9.17) is 15.2 Å². The van der Waals surface area contributed by atoms with Gasteiger partial charge in [0.25, 0.3) is 0 Å². The van der Waals surface area contributed by atoms with Crippen LogP contribution in [0.1, 0.15) is 5.56 Å². The molecule has 0 aliphatic carbocycles. The molecule has 0 aliphatic heterocycles. The lowest BCUT2D eigenvalue weighted by atomic mass is 10.2. The van der Waals surface area contributed by atoms with Crippen LogP contribution in [0.15, 0.2) is 16.6 Å². The topological polar surface area (TPSA) is 103 Å². The summed E-state index contributed by atoms with van der Waals surface area (Å²) >= 11 is 3.38. The van der Waals surface area contributed by atoms with Crippen LogP contribution in [0.4, 0.5) is 0 Å². The van der Waals surface area contributed by atoms with Gasteiger partial charge in [-0.2, -0.15) is 0 Å². The number of carbonyl (C=O) groups is 2. The lowest BCUT2D eigenvalue weighted by Crippen LogP contribution is -2.39. The third kappa shape index (κ3) is 5.24. The van der Waals surface area contributed by atoms with Gasteiger partial charge in [0, 0.05) is 6.54 Å². The first kappa shape index (κ1) is 17.3. The third-order valence-electron chi connectivity index (χ3n) is 2.61. The minimum atomic E-state index is -0.376. The highest BCUT2D eigenvalue weighted by molar-refractivity contribution is 9.10. The van der Waals surface area contributed by atoms with E-state index in [0.717, 1.165) is 10.0 Å². The van der Waals surface area contributed by atoms with Gasteiger partial charge in [-0.1, -0.05) is 0 Å². The molecule has 0 aliphatic rings. The van der Waals surface area contributed by atoms with Crippen molar-refractivity contribution < 1.29 is 19.1 Å². The molecule has 0 heterocycles. The number of halogens is 1. The Kier molecular flexibility index (Phi) is 6.97. The second kappa shape index (κ2) is 8.48. The van der Waals surface area contributed by atoms with Crippen LogP contribution < -0.4 is 25.8 Å². The van der Waals surface area contributed by atoms with E-state index < -0.39 is 0 Å². The summed E-state index contributed by atoms with van der Waals surface area (Å²) in [6.45, 7) is 0.0523. The number of hydrogen-bond acceptors (Lipinski definition) is 5. The Morgan fingerprint density at radius 3 is 2.48 bits per heavy atom. The summed E-state index contributed by atoms with van der Waals surface area (Å²) in [4.78, 5) is 22.5. The van der Waals surface area contributed by atoms with E-state index in [-0.39, 0.29) is 24.9 Å². The maximum absolute atomic E-state index is 11.6. The molecule has 21 heavy (non-hydrogen) atoms. The quantitative estimate of drug-likeness (QED) is 0.643. The minimum absolute atomic E-state index is 0.107. The molecule has 0 radical (unpaired) electrons. The van der Waals surface area contributed by atoms with E-state index in [0.29, 0.717) is 18.0 Å². The van der Waals surface area contributed by atoms with E-state index in [9.17, 15) is 9.59 Å². The number of ether oxygens (including phenoxy) is 2. The molecule has 0 saturated heterocycles. The van der Waals surface area contributed by atoms with E-state index in [1.807, 2.05) is 6.07 Å². The van der Waals surface area contributed by atoms with E-state index in [2.05, 4.69) is 26.6 Å². The first-order chi connectivity index (χ1) is 10.0. The third-order valence-corrected chi connectivity index (χ3v) is 3.20. The van der Waals surface area contributed by atoms with E-state index in [1.54, 1.807) is 13.2 Å². The maximum Gasteiger partial charge on any atom is 0.239 e. The van der Waals surface area contributed by atoms with Crippen LogP contribution in [0.5, 0.6) is 11.5 Å². The zero-order valence-corrected chi connectivity index (χ0v) is 13.5. The number of methoxy groups -OCH3 is 2. The van der Waals surface area contributed by atoms with Crippen molar-refractivity contribution in [2.24, 2.45) is 5.73 Å². The Balaban J connectivity index is 2.61. The number of carbonyl (C=O) groups excluding carboxylic acids is 2. The van der Waals surface area contributed by atoms with Gasteiger partial charge in [-0.25, -0.2) is 0 Å². The molecule has 8 heteroatoms. The lowest BCUT2D eigenvalue weighted by molar-refractivity contribution is -0.125. The predicted octanol–water partition coefficient (Wildman–Crippen LogP) is 0.157. The lowest BCUT2D eigenvalue weighted by Gasteiger charge is -2.12. The molecule has 1 aromatic rings. The number of hydrogen-bond donors (Lipinski definition) is 3. The van der Waals surface area contributed by atoms with Crippen LogP contribution in [0.3, 0.4) is 0 Å². The number of amides is 2. The summed E-state index contributed by atoms with van der Waals surface area (Å²) < 4.78 is 11.2. The Bertz CT molecular complexity index is 522. The SMILES string of the molecule is COc1cc(CNC(=O)CNC(=O)CN)cc(Br)c1OC. The van der Waals surface area contributed by atoms with Crippen LogP contribution in [0, 0.1) is 0 Å². The molecular formula is C13H18BrN3O4. The van der Waals surface area contributed by atoms with Crippen molar-refractivity contribution >= 4 is 27.7 Å². The molecule has 2 amide bonds. The highest BCUT2D eigenvalue weighted by Gasteiger charge is 2.11. The predicted molar refractivity (Wildman–Crippen MR) is 81.2 cm³/mol. The van der Waals surface area contributed by atoms with Crippen molar-refractivity contribution in [2.45, 2.75) is 6.54 Å².